The van der Waals surface area contributed by atoms with E-state index in [-0.39, 0.29) is 16.5 Å². The van der Waals surface area contributed by atoms with Crippen molar-refractivity contribution in [3.05, 3.63) is 27.6 Å². The topological polar surface area (TPSA) is 97.5 Å². The average Bonchev–Trinajstić information content (AvgIpc) is 2.39. The van der Waals surface area contributed by atoms with Gasteiger partial charge in [-0.1, -0.05) is 11.6 Å². The van der Waals surface area contributed by atoms with E-state index in [0.29, 0.717) is 13.2 Å². The summed E-state index contributed by atoms with van der Waals surface area (Å²) in [6.45, 7) is 4.32. The SMILES string of the molecule is CCOC(CNS(=O)(=O)c1c[nH]c(=O)c(Cl)c1)OCC. The molecular weight excluding hydrogens is 308 g/mol. The smallest absolute Gasteiger partial charge is 0.266 e. The van der Waals surface area contributed by atoms with Gasteiger partial charge in [-0.2, -0.15) is 0 Å². The maximum absolute atomic E-state index is 12.0. The molecule has 0 spiro atoms. The number of nitrogens with one attached hydrogen (secondary N) is 2. The first kappa shape index (κ1) is 17.1. The molecule has 0 bridgehead atoms. The number of aromatic nitrogens is 1. The van der Waals surface area contributed by atoms with E-state index >= 15 is 0 Å². The maximum atomic E-state index is 12.0. The van der Waals surface area contributed by atoms with E-state index in [1.807, 2.05) is 0 Å². The van der Waals surface area contributed by atoms with E-state index in [1.165, 1.54) is 0 Å². The molecule has 1 aromatic rings. The molecule has 0 saturated carbocycles. The van der Waals surface area contributed by atoms with Gasteiger partial charge in [0, 0.05) is 19.4 Å². The third-order valence-electron chi connectivity index (χ3n) is 2.29. The number of rotatable bonds is 8. The standard InChI is InChI=1S/C11H17ClN2O5S/c1-3-18-10(19-4-2)7-14-20(16,17)8-5-9(12)11(15)13-6-8/h5-6,10,14H,3-4,7H2,1-2H3,(H,13,15). The van der Waals surface area contributed by atoms with Crippen molar-refractivity contribution in [2.24, 2.45) is 0 Å². The molecule has 0 aromatic carbocycles. The predicted molar refractivity (Wildman–Crippen MR) is 74.3 cm³/mol. The van der Waals surface area contributed by atoms with Crippen LogP contribution in [0.15, 0.2) is 22.0 Å². The second-order valence-electron chi connectivity index (χ2n) is 3.70. The molecule has 0 amide bonds. The van der Waals surface area contributed by atoms with Gasteiger partial charge in [0.05, 0.1) is 11.4 Å². The van der Waals surface area contributed by atoms with Crippen LogP contribution in [0.3, 0.4) is 0 Å². The summed E-state index contributed by atoms with van der Waals surface area (Å²) in [6.07, 6.45) is 0.408. The molecule has 0 aliphatic carbocycles. The van der Waals surface area contributed by atoms with Gasteiger partial charge in [-0.25, -0.2) is 13.1 Å². The summed E-state index contributed by atoms with van der Waals surface area (Å²) in [6, 6.07) is 1.08. The number of aromatic amines is 1. The van der Waals surface area contributed by atoms with Crippen LogP contribution < -0.4 is 10.3 Å². The second kappa shape index (κ2) is 7.75. The van der Waals surface area contributed by atoms with E-state index < -0.39 is 21.9 Å². The summed E-state index contributed by atoms with van der Waals surface area (Å²) in [7, 11) is -3.80. The van der Waals surface area contributed by atoms with Gasteiger partial charge in [-0.3, -0.25) is 4.79 Å². The Morgan fingerprint density at radius 3 is 2.45 bits per heavy atom. The summed E-state index contributed by atoms with van der Waals surface area (Å²) in [5, 5.41) is -0.195. The molecule has 0 aliphatic heterocycles. The Labute approximate surface area is 122 Å². The zero-order valence-electron chi connectivity index (χ0n) is 11.2. The van der Waals surface area contributed by atoms with Gasteiger partial charge >= 0.3 is 0 Å². The molecule has 0 radical (unpaired) electrons. The lowest BCUT2D eigenvalue weighted by Crippen LogP contribution is -2.35. The first-order valence-electron chi connectivity index (χ1n) is 6.01. The van der Waals surface area contributed by atoms with Crippen LogP contribution in [0, 0.1) is 0 Å². The van der Waals surface area contributed by atoms with Gasteiger partial charge in [-0.15, -0.1) is 0 Å². The molecule has 0 aliphatic rings. The molecular formula is C11H17ClN2O5S. The lowest BCUT2D eigenvalue weighted by atomic mass is 10.5. The Morgan fingerprint density at radius 2 is 1.95 bits per heavy atom. The molecule has 0 unspecified atom stereocenters. The van der Waals surface area contributed by atoms with Crippen molar-refractivity contribution >= 4 is 21.6 Å². The minimum absolute atomic E-state index is 0.0409. The fourth-order valence-corrected chi connectivity index (χ4v) is 2.64. The second-order valence-corrected chi connectivity index (χ2v) is 5.88. The number of sulfonamides is 1. The highest BCUT2D eigenvalue weighted by molar-refractivity contribution is 7.89. The lowest BCUT2D eigenvalue weighted by Gasteiger charge is -2.17. The summed E-state index contributed by atoms with van der Waals surface area (Å²) in [4.78, 5) is 13.2. The van der Waals surface area contributed by atoms with Gasteiger partial charge < -0.3 is 14.5 Å². The third-order valence-corrected chi connectivity index (χ3v) is 3.97. The number of ether oxygens (including phenoxy) is 2. The zero-order chi connectivity index (χ0) is 15.2. The Bertz CT molecular complexity index is 581. The summed E-state index contributed by atoms with van der Waals surface area (Å²) in [5.74, 6) is 0. The summed E-state index contributed by atoms with van der Waals surface area (Å²) < 4.78 is 36.8. The number of pyridine rings is 1. The minimum Gasteiger partial charge on any atom is -0.352 e. The predicted octanol–water partition coefficient (Wildman–Crippen LogP) is 0.706. The van der Waals surface area contributed by atoms with Crippen molar-refractivity contribution in [1.82, 2.24) is 9.71 Å². The van der Waals surface area contributed by atoms with E-state index in [2.05, 4.69) is 9.71 Å². The number of hydrogen-bond acceptors (Lipinski definition) is 5. The van der Waals surface area contributed by atoms with Crippen molar-refractivity contribution in [2.45, 2.75) is 25.0 Å². The maximum Gasteiger partial charge on any atom is 0.266 e. The quantitative estimate of drug-likeness (QED) is 0.686. The van der Waals surface area contributed by atoms with Crippen LogP contribution >= 0.6 is 11.6 Å². The van der Waals surface area contributed by atoms with Gasteiger partial charge in [0.15, 0.2) is 6.29 Å². The number of hydrogen-bond donors (Lipinski definition) is 2. The third kappa shape index (κ3) is 4.88. The normalized spacial score (nSPS) is 12.0. The molecule has 7 nitrogen and oxygen atoms in total. The highest BCUT2D eigenvalue weighted by Gasteiger charge is 2.18. The fourth-order valence-electron chi connectivity index (χ4n) is 1.39. The Balaban J connectivity index is 2.78. The highest BCUT2D eigenvalue weighted by Crippen LogP contribution is 2.10. The van der Waals surface area contributed by atoms with Crippen LogP contribution in [0.1, 0.15) is 13.8 Å². The molecule has 1 heterocycles. The molecule has 0 fully saturated rings. The summed E-state index contributed by atoms with van der Waals surface area (Å²) in [5.41, 5.74) is -0.549. The Kier molecular flexibility index (Phi) is 6.63. The van der Waals surface area contributed by atoms with E-state index in [4.69, 9.17) is 21.1 Å². The molecule has 0 saturated heterocycles. The van der Waals surface area contributed by atoms with Crippen molar-refractivity contribution in [1.29, 1.82) is 0 Å². The Morgan fingerprint density at radius 1 is 1.35 bits per heavy atom. The van der Waals surface area contributed by atoms with Gasteiger partial charge in [0.25, 0.3) is 5.56 Å². The van der Waals surface area contributed by atoms with Crippen molar-refractivity contribution in [2.75, 3.05) is 19.8 Å². The van der Waals surface area contributed by atoms with Crippen molar-refractivity contribution in [3.8, 4) is 0 Å². The number of H-pyrrole nitrogens is 1. The lowest BCUT2D eigenvalue weighted by molar-refractivity contribution is -0.130. The molecule has 9 heteroatoms. The van der Waals surface area contributed by atoms with Gasteiger partial charge in [0.1, 0.15) is 5.02 Å². The molecule has 114 valence electrons. The first-order chi connectivity index (χ1) is 9.40. The monoisotopic (exact) mass is 324 g/mol. The van der Waals surface area contributed by atoms with Crippen LogP contribution in [0.25, 0.3) is 0 Å². The zero-order valence-corrected chi connectivity index (χ0v) is 12.8. The molecule has 2 N–H and O–H groups in total. The molecule has 1 rings (SSSR count). The van der Waals surface area contributed by atoms with E-state index in [0.717, 1.165) is 12.3 Å². The minimum atomic E-state index is -3.80. The highest BCUT2D eigenvalue weighted by atomic mass is 35.5. The summed E-state index contributed by atoms with van der Waals surface area (Å²) >= 11 is 5.60. The number of halogens is 1. The van der Waals surface area contributed by atoms with Crippen molar-refractivity contribution in [3.63, 3.8) is 0 Å². The van der Waals surface area contributed by atoms with Crippen LogP contribution in [0.4, 0.5) is 0 Å². The van der Waals surface area contributed by atoms with E-state index in [1.54, 1.807) is 13.8 Å². The largest absolute Gasteiger partial charge is 0.352 e. The van der Waals surface area contributed by atoms with Crippen molar-refractivity contribution < 1.29 is 17.9 Å². The molecule has 20 heavy (non-hydrogen) atoms. The Hall–Kier alpha value is -0.930. The first-order valence-corrected chi connectivity index (χ1v) is 7.88. The average molecular weight is 325 g/mol. The van der Waals surface area contributed by atoms with Crippen LogP contribution in [0.5, 0.6) is 0 Å². The van der Waals surface area contributed by atoms with Crippen LogP contribution in [-0.4, -0.2) is 39.5 Å². The van der Waals surface area contributed by atoms with Crippen LogP contribution in [0.2, 0.25) is 5.02 Å². The van der Waals surface area contributed by atoms with Gasteiger partial charge in [-0.05, 0) is 19.9 Å². The van der Waals surface area contributed by atoms with E-state index in [9.17, 15) is 13.2 Å². The van der Waals surface area contributed by atoms with Gasteiger partial charge in [0.2, 0.25) is 10.0 Å². The fraction of sp³-hybridized carbons (Fsp3) is 0.545. The molecule has 0 atom stereocenters. The van der Waals surface area contributed by atoms with Crippen LogP contribution in [-0.2, 0) is 19.5 Å². The molecule has 1 aromatic heterocycles.